The molecule has 1 nitrogen and oxygen atoms in total. The summed E-state index contributed by atoms with van der Waals surface area (Å²) >= 11 is 1.77. The molecule has 4 rings (SSSR count). The standard InChI is InChI=1S/C18H13NS/c1-2-8-15-14(6-1)7-3-9-16(15)19-12-4-10-17(19)18-11-5-13-20-18/h1-13H. The highest BCUT2D eigenvalue weighted by atomic mass is 32.1. The van der Waals surface area contributed by atoms with Crippen molar-refractivity contribution in [2.75, 3.05) is 0 Å². The number of nitrogens with zero attached hydrogens (tertiary/aromatic N) is 1. The van der Waals surface area contributed by atoms with Gasteiger partial charge in [0.2, 0.25) is 0 Å². The molecule has 0 unspecified atom stereocenters. The van der Waals surface area contributed by atoms with E-state index >= 15 is 0 Å². The smallest absolute Gasteiger partial charge is 0.0628 e. The van der Waals surface area contributed by atoms with E-state index in [1.54, 1.807) is 11.3 Å². The summed E-state index contributed by atoms with van der Waals surface area (Å²) in [5, 5.41) is 4.68. The highest BCUT2D eigenvalue weighted by Gasteiger charge is 2.08. The molecule has 4 aromatic rings. The van der Waals surface area contributed by atoms with Crippen LogP contribution in [0.4, 0.5) is 0 Å². The number of fused-ring (bicyclic) bond motifs is 1. The van der Waals surface area contributed by atoms with Gasteiger partial charge in [0.25, 0.3) is 0 Å². The van der Waals surface area contributed by atoms with Crippen molar-refractivity contribution in [3.05, 3.63) is 78.3 Å². The first-order chi connectivity index (χ1) is 9.93. The average Bonchev–Trinajstić information content (AvgIpc) is 3.17. The van der Waals surface area contributed by atoms with Gasteiger partial charge in [-0.2, -0.15) is 0 Å². The average molecular weight is 275 g/mol. The summed E-state index contributed by atoms with van der Waals surface area (Å²) < 4.78 is 2.27. The first-order valence-electron chi connectivity index (χ1n) is 6.63. The van der Waals surface area contributed by atoms with Gasteiger partial charge in [-0.05, 0) is 35.0 Å². The Morgan fingerprint density at radius 1 is 0.750 bits per heavy atom. The van der Waals surface area contributed by atoms with E-state index in [-0.39, 0.29) is 0 Å². The minimum atomic E-state index is 1.23. The number of hydrogen-bond donors (Lipinski definition) is 0. The van der Waals surface area contributed by atoms with Crippen molar-refractivity contribution in [1.82, 2.24) is 4.57 Å². The van der Waals surface area contributed by atoms with Crippen LogP contribution in [0, 0.1) is 0 Å². The van der Waals surface area contributed by atoms with Crippen molar-refractivity contribution >= 4 is 22.1 Å². The topological polar surface area (TPSA) is 4.93 Å². The van der Waals surface area contributed by atoms with Crippen LogP contribution in [0.3, 0.4) is 0 Å². The normalized spacial score (nSPS) is 11.0. The molecule has 0 N–H and O–H groups in total. The molecule has 20 heavy (non-hydrogen) atoms. The van der Waals surface area contributed by atoms with Gasteiger partial charge in [-0.25, -0.2) is 0 Å². The van der Waals surface area contributed by atoms with Gasteiger partial charge < -0.3 is 4.57 Å². The van der Waals surface area contributed by atoms with Crippen molar-refractivity contribution in [1.29, 1.82) is 0 Å². The Labute approximate surface area is 121 Å². The van der Waals surface area contributed by atoms with Crippen molar-refractivity contribution < 1.29 is 0 Å². The quantitative estimate of drug-likeness (QED) is 0.464. The third-order valence-electron chi connectivity index (χ3n) is 3.55. The fourth-order valence-electron chi connectivity index (χ4n) is 2.63. The molecule has 2 aromatic carbocycles. The highest BCUT2D eigenvalue weighted by molar-refractivity contribution is 7.13. The maximum atomic E-state index is 2.27. The molecule has 0 fully saturated rings. The molecule has 0 atom stereocenters. The largest absolute Gasteiger partial charge is 0.315 e. The second kappa shape index (κ2) is 4.66. The number of rotatable bonds is 2. The fraction of sp³-hybridized carbons (Fsp3) is 0. The Bertz CT molecular complexity index is 851. The Morgan fingerprint density at radius 3 is 2.55 bits per heavy atom. The van der Waals surface area contributed by atoms with E-state index in [0.29, 0.717) is 0 Å². The van der Waals surface area contributed by atoms with Crippen LogP contribution in [0.2, 0.25) is 0 Å². The van der Waals surface area contributed by atoms with Gasteiger partial charge in [-0.3, -0.25) is 0 Å². The lowest BCUT2D eigenvalue weighted by atomic mass is 10.1. The monoisotopic (exact) mass is 275 g/mol. The lowest BCUT2D eigenvalue weighted by molar-refractivity contribution is 1.11. The molecule has 0 saturated heterocycles. The molecule has 0 amide bonds. The van der Waals surface area contributed by atoms with Crippen molar-refractivity contribution in [2.24, 2.45) is 0 Å². The van der Waals surface area contributed by atoms with Gasteiger partial charge in [0.05, 0.1) is 16.3 Å². The van der Waals surface area contributed by atoms with Crippen LogP contribution in [-0.2, 0) is 0 Å². The maximum absolute atomic E-state index is 2.27. The van der Waals surface area contributed by atoms with Crippen molar-refractivity contribution in [3.8, 4) is 16.3 Å². The summed E-state index contributed by atoms with van der Waals surface area (Å²) in [4.78, 5) is 1.29. The summed E-state index contributed by atoms with van der Waals surface area (Å²) in [7, 11) is 0. The lowest BCUT2D eigenvalue weighted by Crippen LogP contribution is -1.95. The molecular formula is C18H13NS. The number of aromatic nitrogens is 1. The van der Waals surface area contributed by atoms with Gasteiger partial charge in [0, 0.05) is 11.6 Å². The second-order valence-corrected chi connectivity index (χ2v) is 5.69. The highest BCUT2D eigenvalue weighted by Crippen LogP contribution is 2.30. The third-order valence-corrected chi connectivity index (χ3v) is 4.44. The van der Waals surface area contributed by atoms with Crippen LogP contribution in [0.25, 0.3) is 27.0 Å². The van der Waals surface area contributed by atoms with E-state index in [0.717, 1.165) is 0 Å². The number of hydrogen-bond acceptors (Lipinski definition) is 1. The van der Waals surface area contributed by atoms with Crippen molar-refractivity contribution in [3.63, 3.8) is 0 Å². The third kappa shape index (κ3) is 1.77. The number of thiophene rings is 1. The van der Waals surface area contributed by atoms with Crippen LogP contribution in [-0.4, -0.2) is 4.57 Å². The SMILES string of the molecule is c1csc(-c2cccn2-c2cccc3ccccc23)c1. The Kier molecular flexibility index (Phi) is 2.68. The predicted molar refractivity (Wildman–Crippen MR) is 86.6 cm³/mol. The van der Waals surface area contributed by atoms with E-state index < -0.39 is 0 Å². The van der Waals surface area contributed by atoms with Crippen LogP contribution < -0.4 is 0 Å². The minimum absolute atomic E-state index is 1.23. The summed E-state index contributed by atoms with van der Waals surface area (Å²) in [6.45, 7) is 0. The van der Waals surface area contributed by atoms with E-state index in [1.807, 2.05) is 0 Å². The van der Waals surface area contributed by atoms with Gasteiger partial charge in [0.1, 0.15) is 0 Å². The van der Waals surface area contributed by atoms with Crippen molar-refractivity contribution in [2.45, 2.75) is 0 Å². The summed E-state index contributed by atoms with van der Waals surface area (Å²) in [5.74, 6) is 0. The molecule has 96 valence electrons. The Hall–Kier alpha value is -2.32. The zero-order chi connectivity index (χ0) is 13.4. The maximum Gasteiger partial charge on any atom is 0.0628 e. The molecule has 0 spiro atoms. The van der Waals surface area contributed by atoms with Crippen LogP contribution in [0.15, 0.2) is 78.3 Å². The summed E-state index contributed by atoms with van der Waals surface area (Å²) in [6, 6.07) is 23.5. The van der Waals surface area contributed by atoms with Crippen LogP contribution in [0.1, 0.15) is 0 Å². The molecule has 0 saturated carbocycles. The van der Waals surface area contributed by atoms with E-state index in [9.17, 15) is 0 Å². The van der Waals surface area contributed by atoms with E-state index in [1.165, 1.54) is 27.0 Å². The predicted octanol–water partition coefficient (Wildman–Crippen LogP) is 5.36. The summed E-state index contributed by atoms with van der Waals surface area (Å²) in [6.07, 6.45) is 2.14. The Morgan fingerprint density at radius 2 is 1.65 bits per heavy atom. The Balaban J connectivity index is 1.99. The fourth-order valence-corrected chi connectivity index (χ4v) is 3.38. The first-order valence-corrected chi connectivity index (χ1v) is 7.51. The minimum Gasteiger partial charge on any atom is -0.315 e. The summed E-state index contributed by atoms with van der Waals surface area (Å²) in [5.41, 5.74) is 2.48. The molecule has 2 heteroatoms. The lowest BCUT2D eigenvalue weighted by Gasteiger charge is -2.11. The molecule has 0 bridgehead atoms. The first kappa shape index (κ1) is 11.5. The van der Waals surface area contributed by atoms with Crippen LogP contribution >= 0.6 is 11.3 Å². The van der Waals surface area contributed by atoms with E-state index in [4.69, 9.17) is 0 Å². The van der Waals surface area contributed by atoms with E-state index in [2.05, 4.69) is 82.9 Å². The van der Waals surface area contributed by atoms with Crippen LogP contribution in [0.5, 0.6) is 0 Å². The molecular weight excluding hydrogens is 262 g/mol. The van der Waals surface area contributed by atoms with Gasteiger partial charge >= 0.3 is 0 Å². The van der Waals surface area contributed by atoms with Gasteiger partial charge in [-0.15, -0.1) is 11.3 Å². The zero-order valence-corrected chi connectivity index (χ0v) is 11.7. The second-order valence-electron chi connectivity index (χ2n) is 4.74. The van der Waals surface area contributed by atoms with Gasteiger partial charge in [-0.1, -0.05) is 42.5 Å². The molecule has 2 aromatic heterocycles. The number of benzene rings is 2. The zero-order valence-electron chi connectivity index (χ0n) is 10.9. The van der Waals surface area contributed by atoms with Gasteiger partial charge in [0.15, 0.2) is 0 Å². The molecule has 0 aliphatic carbocycles. The molecule has 0 radical (unpaired) electrons. The molecule has 0 aliphatic rings. The molecule has 0 aliphatic heterocycles. The molecule has 2 heterocycles.